The van der Waals surface area contributed by atoms with Gasteiger partial charge in [0.2, 0.25) is 0 Å². The quantitative estimate of drug-likeness (QED) is 0.354. The summed E-state index contributed by atoms with van der Waals surface area (Å²) in [6.07, 6.45) is 3.08. The van der Waals surface area contributed by atoms with E-state index in [2.05, 4.69) is 22.4 Å². The molecule has 0 radical (unpaired) electrons. The smallest absolute Gasteiger partial charge is 0.329 e. The van der Waals surface area contributed by atoms with Crippen molar-refractivity contribution in [3.05, 3.63) is 71.3 Å². The summed E-state index contributed by atoms with van der Waals surface area (Å²) in [4.78, 5) is 23.6. The molecule has 2 aromatic carbocycles. The third-order valence-electron chi connectivity index (χ3n) is 3.26. The van der Waals surface area contributed by atoms with E-state index in [0.29, 0.717) is 23.1 Å². The summed E-state index contributed by atoms with van der Waals surface area (Å²) in [5.41, 5.74) is 4.21. The minimum absolute atomic E-state index is 0.421. The van der Waals surface area contributed by atoms with Crippen LogP contribution in [-0.2, 0) is 9.59 Å². The third-order valence-corrected chi connectivity index (χ3v) is 3.67. The molecule has 0 spiro atoms. The molecule has 0 aliphatic heterocycles. The molecular formula is C19H18ClN3O3. The van der Waals surface area contributed by atoms with Crippen LogP contribution in [0.2, 0.25) is 5.02 Å². The van der Waals surface area contributed by atoms with Gasteiger partial charge in [0.25, 0.3) is 0 Å². The number of hydrogen-bond acceptors (Lipinski definition) is 4. The van der Waals surface area contributed by atoms with Gasteiger partial charge in [0.1, 0.15) is 12.4 Å². The second kappa shape index (κ2) is 9.39. The molecule has 26 heavy (non-hydrogen) atoms. The number of amides is 2. The van der Waals surface area contributed by atoms with E-state index in [0.717, 1.165) is 11.1 Å². The summed E-state index contributed by atoms with van der Waals surface area (Å²) >= 11 is 5.98. The average molecular weight is 372 g/mol. The van der Waals surface area contributed by atoms with E-state index in [4.69, 9.17) is 16.3 Å². The zero-order chi connectivity index (χ0) is 18.9. The van der Waals surface area contributed by atoms with Gasteiger partial charge in [-0.2, -0.15) is 5.10 Å². The number of halogens is 1. The lowest BCUT2D eigenvalue weighted by molar-refractivity contribution is -0.136. The second-order valence-corrected chi connectivity index (χ2v) is 5.69. The molecule has 0 unspecified atom stereocenters. The summed E-state index contributed by atoms with van der Waals surface area (Å²) in [5.74, 6) is -1.03. The van der Waals surface area contributed by atoms with Crippen LogP contribution >= 0.6 is 11.6 Å². The Hall–Kier alpha value is -3.12. The SMILES string of the molecule is C=CCOc1ccc(/C=N/NC(=O)C(=O)Nc2ccc(C)c(Cl)c2)cc1. The zero-order valence-corrected chi connectivity index (χ0v) is 14.9. The van der Waals surface area contributed by atoms with E-state index in [1.807, 2.05) is 6.92 Å². The number of ether oxygens (including phenoxy) is 1. The summed E-state index contributed by atoms with van der Waals surface area (Å²) in [6, 6.07) is 12.0. The first-order chi connectivity index (χ1) is 12.5. The number of anilines is 1. The van der Waals surface area contributed by atoms with Gasteiger partial charge >= 0.3 is 11.8 Å². The molecule has 0 aliphatic rings. The fourth-order valence-corrected chi connectivity index (χ4v) is 2.06. The molecule has 134 valence electrons. The number of rotatable bonds is 6. The highest BCUT2D eigenvalue weighted by Gasteiger charge is 2.13. The molecular weight excluding hydrogens is 354 g/mol. The first-order valence-electron chi connectivity index (χ1n) is 7.74. The van der Waals surface area contributed by atoms with Gasteiger partial charge in [-0.05, 0) is 54.4 Å². The molecule has 0 saturated heterocycles. The number of benzene rings is 2. The minimum Gasteiger partial charge on any atom is -0.490 e. The summed E-state index contributed by atoms with van der Waals surface area (Å²) < 4.78 is 5.36. The molecule has 0 aromatic heterocycles. The Morgan fingerprint density at radius 2 is 1.92 bits per heavy atom. The topological polar surface area (TPSA) is 79.8 Å². The van der Waals surface area contributed by atoms with E-state index >= 15 is 0 Å². The van der Waals surface area contributed by atoms with E-state index in [-0.39, 0.29) is 0 Å². The molecule has 0 bridgehead atoms. The minimum atomic E-state index is -0.885. The number of nitrogens with one attached hydrogen (secondary N) is 2. The number of hydrogen-bond donors (Lipinski definition) is 2. The van der Waals surface area contributed by atoms with Crippen LogP contribution in [0, 0.1) is 6.92 Å². The average Bonchev–Trinajstić information content (AvgIpc) is 2.64. The van der Waals surface area contributed by atoms with Crippen LogP contribution in [0.5, 0.6) is 5.75 Å². The normalized spacial score (nSPS) is 10.4. The van der Waals surface area contributed by atoms with Gasteiger partial charge in [-0.1, -0.05) is 30.3 Å². The Kier molecular flexibility index (Phi) is 6.93. The molecule has 7 heteroatoms. The van der Waals surface area contributed by atoms with Crippen molar-refractivity contribution >= 4 is 35.3 Å². The van der Waals surface area contributed by atoms with Crippen molar-refractivity contribution in [3.63, 3.8) is 0 Å². The molecule has 0 heterocycles. The molecule has 2 rings (SSSR count). The Morgan fingerprint density at radius 3 is 2.58 bits per heavy atom. The lowest BCUT2D eigenvalue weighted by atomic mass is 10.2. The summed E-state index contributed by atoms with van der Waals surface area (Å²) in [6.45, 7) is 5.84. The third kappa shape index (κ3) is 5.75. The van der Waals surface area contributed by atoms with Crippen molar-refractivity contribution in [1.82, 2.24) is 5.43 Å². The highest BCUT2D eigenvalue weighted by Crippen LogP contribution is 2.19. The maximum Gasteiger partial charge on any atom is 0.329 e. The molecule has 0 fully saturated rings. The van der Waals surface area contributed by atoms with Gasteiger partial charge in [-0.15, -0.1) is 0 Å². The Morgan fingerprint density at radius 1 is 1.19 bits per heavy atom. The van der Waals surface area contributed by atoms with Crippen LogP contribution in [0.4, 0.5) is 5.69 Å². The summed E-state index contributed by atoms with van der Waals surface area (Å²) in [7, 11) is 0. The number of hydrazone groups is 1. The lowest BCUT2D eigenvalue weighted by Gasteiger charge is -2.05. The number of aryl methyl sites for hydroxylation is 1. The Labute approximate surface area is 156 Å². The number of carbonyl (C=O) groups excluding carboxylic acids is 2. The monoisotopic (exact) mass is 371 g/mol. The van der Waals surface area contributed by atoms with E-state index < -0.39 is 11.8 Å². The van der Waals surface area contributed by atoms with Gasteiger partial charge in [-0.3, -0.25) is 9.59 Å². The van der Waals surface area contributed by atoms with Crippen LogP contribution in [0.25, 0.3) is 0 Å². The molecule has 6 nitrogen and oxygen atoms in total. The van der Waals surface area contributed by atoms with Gasteiger partial charge in [0, 0.05) is 10.7 Å². The van der Waals surface area contributed by atoms with Crippen molar-refractivity contribution in [2.75, 3.05) is 11.9 Å². The van der Waals surface area contributed by atoms with E-state index in [1.165, 1.54) is 6.21 Å². The highest BCUT2D eigenvalue weighted by atomic mass is 35.5. The Balaban J connectivity index is 1.86. The summed E-state index contributed by atoms with van der Waals surface area (Å²) in [5, 5.41) is 6.71. The zero-order valence-electron chi connectivity index (χ0n) is 14.2. The maximum absolute atomic E-state index is 11.8. The van der Waals surface area contributed by atoms with Crippen molar-refractivity contribution < 1.29 is 14.3 Å². The van der Waals surface area contributed by atoms with Crippen molar-refractivity contribution in [2.24, 2.45) is 5.10 Å². The second-order valence-electron chi connectivity index (χ2n) is 5.29. The molecule has 0 aliphatic carbocycles. The first-order valence-corrected chi connectivity index (χ1v) is 8.11. The van der Waals surface area contributed by atoms with Crippen molar-refractivity contribution in [2.45, 2.75) is 6.92 Å². The van der Waals surface area contributed by atoms with Crippen molar-refractivity contribution in [1.29, 1.82) is 0 Å². The highest BCUT2D eigenvalue weighted by molar-refractivity contribution is 6.39. The van der Waals surface area contributed by atoms with Gasteiger partial charge in [0.15, 0.2) is 0 Å². The predicted octanol–water partition coefficient (Wildman–Crippen LogP) is 3.30. The van der Waals surface area contributed by atoms with E-state index in [1.54, 1.807) is 48.5 Å². The fourth-order valence-electron chi connectivity index (χ4n) is 1.88. The Bertz CT molecular complexity index is 832. The van der Waals surface area contributed by atoms with Crippen molar-refractivity contribution in [3.8, 4) is 5.75 Å². The van der Waals surface area contributed by atoms with Crippen LogP contribution in [0.1, 0.15) is 11.1 Å². The van der Waals surface area contributed by atoms with E-state index in [9.17, 15) is 9.59 Å². The van der Waals surface area contributed by atoms with Gasteiger partial charge in [-0.25, -0.2) is 5.43 Å². The molecule has 2 amide bonds. The molecule has 2 N–H and O–H groups in total. The molecule has 0 saturated carbocycles. The standard InChI is InChI=1S/C19H18ClN3O3/c1-3-10-26-16-8-5-14(6-9-16)12-21-23-19(25)18(24)22-15-7-4-13(2)17(20)11-15/h3-9,11-12H,1,10H2,2H3,(H,22,24)(H,23,25)/b21-12+. The fraction of sp³-hybridized carbons (Fsp3) is 0.105. The predicted molar refractivity (Wildman–Crippen MR) is 103 cm³/mol. The molecule has 0 atom stereocenters. The number of carbonyl (C=O) groups is 2. The molecule has 2 aromatic rings. The van der Waals surface area contributed by atoms with Crippen LogP contribution < -0.4 is 15.5 Å². The largest absolute Gasteiger partial charge is 0.490 e. The lowest BCUT2D eigenvalue weighted by Crippen LogP contribution is -2.32. The van der Waals surface area contributed by atoms with Crippen LogP contribution in [-0.4, -0.2) is 24.6 Å². The number of nitrogens with zero attached hydrogens (tertiary/aromatic N) is 1. The first kappa shape index (κ1) is 19.2. The maximum atomic E-state index is 11.8. The van der Waals surface area contributed by atoms with Crippen LogP contribution in [0.15, 0.2) is 60.2 Å². The van der Waals surface area contributed by atoms with Crippen LogP contribution in [0.3, 0.4) is 0 Å². The van der Waals surface area contributed by atoms with Gasteiger partial charge in [0.05, 0.1) is 6.21 Å². The van der Waals surface area contributed by atoms with Gasteiger partial charge < -0.3 is 10.1 Å².